The second-order valence-electron chi connectivity index (χ2n) is 3.84. The summed E-state index contributed by atoms with van der Waals surface area (Å²) >= 11 is 3.75. The molecule has 1 N–H and O–H groups in total. The summed E-state index contributed by atoms with van der Waals surface area (Å²) in [6.07, 6.45) is -3.78. The van der Waals surface area contributed by atoms with Gasteiger partial charge in [0.2, 0.25) is 0 Å². The maximum Gasteiger partial charge on any atom is 0.389 e. The van der Waals surface area contributed by atoms with Crippen molar-refractivity contribution < 1.29 is 13.2 Å². The summed E-state index contributed by atoms with van der Waals surface area (Å²) in [5.41, 5.74) is 0.970. The first-order valence-corrected chi connectivity index (χ1v) is 7.42. The molecule has 1 unspecified atom stereocenters. The number of rotatable bonds is 6. The molecule has 1 heterocycles. The minimum atomic E-state index is -4.07. The van der Waals surface area contributed by atoms with E-state index in [9.17, 15) is 13.2 Å². The highest BCUT2D eigenvalue weighted by molar-refractivity contribution is 14.1. The first-order valence-electron chi connectivity index (χ1n) is 5.46. The van der Waals surface area contributed by atoms with Gasteiger partial charge in [-0.3, -0.25) is 0 Å². The van der Waals surface area contributed by atoms with E-state index in [0.717, 1.165) is 21.4 Å². The second kappa shape index (κ2) is 6.94. The minimum Gasteiger partial charge on any atom is -0.310 e. The van der Waals surface area contributed by atoms with Crippen LogP contribution in [0.15, 0.2) is 11.4 Å². The van der Waals surface area contributed by atoms with E-state index in [4.69, 9.17) is 0 Å². The Morgan fingerprint density at radius 1 is 1.47 bits per heavy atom. The molecule has 0 aliphatic carbocycles. The lowest BCUT2D eigenvalue weighted by molar-refractivity contribution is -0.136. The van der Waals surface area contributed by atoms with Gasteiger partial charge in [-0.15, -0.1) is 11.3 Å². The Morgan fingerprint density at radius 3 is 2.65 bits per heavy atom. The van der Waals surface area contributed by atoms with Gasteiger partial charge >= 0.3 is 6.18 Å². The van der Waals surface area contributed by atoms with Crippen LogP contribution in [0.25, 0.3) is 0 Å². The lowest BCUT2D eigenvalue weighted by Crippen LogP contribution is -2.23. The fourth-order valence-corrected chi connectivity index (χ4v) is 2.95. The Hall–Kier alpha value is 0.180. The fraction of sp³-hybridized carbons (Fsp3) is 0.636. The number of alkyl halides is 3. The van der Waals surface area contributed by atoms with Crippen molar-refractivity contribution in [2.45, 2.75) is 38.4 Å². The topological polar surface area (TPSA) is 12.0 Å². The normalized spacial score (nSPS) is 13.9. The molecule has 0 aliphatic rings. The molecule has 0 bridgehead atoms. The lowest BCUT2D eigenvalue weighted by atomic mass is 10.1. The first kappa shape index (κ1) is 15.2. The molecule has 1 rings (SSSR count). The van der Waals surface area contributed by atoms with Crippen molar-refractivity contribution in [1.82, 2.24) is 5.32 Å². The molecule has 0 amide bonds. The highest BCUT2D eigenvalue weighted by Gasteiger charge is 2.28. The van der Waals surface area contributed by atoms with Crippen LogP contribution in [-0.4, -0.2) is 12.7 Å². The van der Waals surface area contributed by atoms with Gasteiger partial charge in [-0.2, -0.15) is 13.2 Å². The third-order valence-corrected chi connectivity index (χ3v) is 4.15. The van der Waals surface area contributed by atoms with Crippen molar-refractivity contribution in [2.24, 2.45) is 0 Å². The van der Waals surface area contributed by atoms with Crippen LogP contribution in [0.3, 0.4) is 0 Å². The van der Waals surface area contributed by atoms with Gasteiger partial charge in [0.15, 0.2) is 0 Å². The maximum atomic E-state index is 12.2. The van der Waals surface area contributed by atoms with E-state index >= 15 is 0 Å². The monoisotopic (exact) mass is 377 g/mol. The lowest BCUT2D eigenvalue weighted by Gasteiger charge is -2.18. The number of thiophene rings is 1. The third kappa shape index (κ3) is 6.05. The summed E-state index contributed by atoms with van der Waals surface area (Å²) in [6.45, 7) is 2.75. The van der Waals surface area contributed by atoms with E-state index in [1.165, 1.54) is 0 Å². The molecule has 1 atom stereocenters. The van der Waals surface area contributed by atoms with Crippen LogP contribution in [0.5, 0.6) is 0 Å². The molecule has 17 heavy (non-hydrogen) atoms. The molecule has 0 saturated carbocycles. The van der Waals surface area contributed by atoms with Crippen molar-refractivity contribution in [2.75, 3.05) is 6.54 Å². The van der Waals surface area contributed by atoms with Gasteiger partial charge in [-0.05, 0) is 59.0 Å². The van der Waals surface area contributed by atoms with Crippen molar-refractivity contribution in [1.29, 1.82) is 0 Å². The predicted octanol–water partition coefficient (Wildman–Crippen LogP) is 4.74. The van der Waals surface area contributed by atoms with E-state index in [0.29, 0.717) is 0 Å². The van der Waals surface area contributed by atoms with Crippen LogP contribution < -0.4 is 5.32 Å². The standard InChI is InChI=1S/C11H15F3INS/c1-2-5-16-9(3-4-11(12,13)14)8-6-10(15)17-7-8/h6-7,9,16H,2-5H2,1H3. The molecule has 0 saturated heterocycles. The van der Waals surface area contributed by atoms with Gasteiger partial charge in [0.1, 0.15) is 0 Å². The molecule has 98 valence electrons. The Labute approximate surface area is 117 Å². The molecule has 0 aliphatic heterocycles. The molecule has 1 nitrogen and oxygen atoms in total. The van der Waals surface area contributed by atoms with Crippen molar-refractivity contribution >= 4 is 33.9 Å². The average molecular weight is 377 g/mol. The molecule has 1 aromatic heterocycles. The van der Waals surface area contributed by atoms with Gasteiger partial charge in [0.05, 0.1) is 2.88 Å². The van der Waals surface area contributed by atoms with Crippen LogP contribution in [-0.2, 0) is 0 Å². The molecule has 0 radical (unpaired) electrons. The quantitative estimate of drug-likeness (QED) is 0.707. The van der Waals surface area contributed by atoms with Gasteiger partial charge in [-0.1, -0.05) is 6.92 Å². The minimum absolute atomic E-state index is 0.107. The van der Waals surface area contributed by atoms with E-state index < -0.39 is 12.6 Å². The van der Waals surface area contributed by atoms with Crippen molar-refractivity contribution in [3.05, 3.63) is 19.9 Å². The summed E-state index contributed by atoms with van der Waals surface area (Å²) in [5.74, 6) is 0. The number of halogens is 4. The van der Waals surface area contributed by atoms with Crippen LogP contribution in [0.2, 0.25) is 0 Å². The van der Waals surface area contributed by atoms with Crippen molar-refractivity contribution in [3.8, 4) is 0 Å². The first-order chi connectivity index (χ1) is 7.92. The zero-order valence-corrected chi connectivity index (χ0v) is 12.5. The third-order valence-electron chi connectivity index (χ3n) is 2.35. The fourth-order valence-electron chi connectivity index (χ4n) is 1.52. The Kier molecular flexibility index (Phi) is 6.22. The largest absolute Gasteiger partial charge is 0.389 e. The van der Waals surface area contributed by atoms with Gasteiger partial charge in [0.25, 0.3) is 0 Å². The Morgan fingerprint density at radius 2 is 2.18 bits per heavy atom. The van der Waals surface area contributed by atoms with E-state index in [2.05, 4.69) is 27.9 Å². The maximum absolute atomic E-state index is 12.2. The summed E-state index contributed by atoms with van der Waals surface area (Å²) < 4.78 is 37.8. The molecular weight excluding hydrogens is 362 g/mol. The molecule has 0 aromatic carbocycles. The van der Waals surface area contributed by atoms with E-state index in [1.54, 1.807) is 11.3 Å². The highest BCUT2D eigenvalue weighted by atomic mass is 127. The zero-order chi connectivity index (χ0) is 12.9. The molecule has 0 spiro atoms. The van der Waals surface area contributed by atoms with E-state index in [-0.39, 0.29) is 12.5 Å². The summed E-state index contributed by atoms with van der Waals surface area (Å²) in [6, 6.07) is 1.77. The van der Waals surface area contributed by atoms with Gasteiger partial charge in [-0.25, -0.2) is 0 Å². The second-order valence-corrected chi connectivity index (χ2v) is 6.65. The highest BCUT2D eigenvalue weighted by Crippen LogP contribution is 2.30. The predicted molar refractivity (Wildman–Crippen MR) is 73.4 cm³/mol. The Bertz CT molecular complexity index is 338. The van der Waals surface area contributed by atoms with Crippen LogP contribution in [0.4, 0.5) is 13.2 Å². The molecule has 6 heteroatoms. The summed E-state index contributed by atoms with van der Waals surface area (Å²) in [7, 11) is 0. The smallest absolute Gasteiger partial charge is 0.310 e. The van der Waals surface area contributed by atoms with E-state index in [1.807, 2.05) is 18.4 Å². The molecule has 0 fully saturated rings. The number of hydrogen-bond acceptors (Lipinski definition) is 2. The van der Waals surface area contributed by atoms with Crippen LogP contribution in [0.1, 0.15) is 37.8 Å². The van der Waals surface area contributed by atoms with Crippen LogP contribution >= 0.6 is 33.9 Å². The Balaban J connectivity index is 2.60. The number of nitrogens with one attached hydrogen (secondary N) is 1. The van der Waals surface area contributed by atoms with Gasteiger partial charge < -0.3 is 5.32 Å². The van der Waals surface area contributed by atoms with Crippen molar-refractivity contribution in [3.63, 3.8) is 0 Å². The molecular formula is C11H15F3INS. The zero-order valence-electron chi connectivity index (χ0n) is 9.48. The molecule has 1 aromatic rings. The number of hydrogen-bond donors (Lipinski definition) is 1. The van der Waals surface area contributed by atoms with Gasteiger partial charge in [0, 0.05) is 12.5 Å². The SMILES string of the molecule is CCCNC(CCC(F)(F)F)c1csc(I)c1. The summed E-state index contributed by atoms with van der Waals surface area (Å²) in [5, 5.41) is 5.11. The van der Waals surface area contributed by atoms with Crippen LogP contribution in [0, 0.1) is 2.88 Å². The average Bonchev–Trinajstić information content (AvgIpc) is 2.63. The summed E-state index contributed by atoms with van der Waals surface area (Å²) in [4.78, 5) is 0.